The van der Waals surface area contributed by atoms with Crippen LogP contribution < -0.4 is 0 Å². The molecule has 0 saturated carbocycles. The molecule has 0 saturated heterocycles. The summed E-state index contributed by atoms with van der Waals surface area (Å²) >= 11 is 0. The first kappa shape index (κ1) is 35.5. The predicted molar refractivity (Wildman–Crippen MR) is 197 cm³/mol. The van der Waals surface area contributed by atoms with E-state index in [1.807, 2.05) is 6.21 Å². The number of aryl methyl sites for hydroxylation is 3. The monoisotopic (exact) mass is 592 g/mol. The van der Waals surface area contributed by atoms with Gasteiger partial charge >= 0.3 is 0 Å². The van der Waals surface area contributed by atoms with Gasteiger partial charge in [0.05, 0.1) is 17.1 Å². The summed E-state index contributed by atoms with van der Waals surface area (Å²) < 4.78 is 0. The van der Waals surface area contributed by atoms with Gasteiger partial charge in [0.15, 0.2) is 0 Å². The SMILES string of the molecule is CCCCCCc1cc(CCCC)cc(N=C(C=Nc2cc(CCCCCC)c(CCCC)c(-c3ccccc3)c2)CC)c1. The lowest BCUT2D eigenvalue weighted by molar-refractivity contribution is 0.663. The van der Waals surface area contributed by atoms with Crippen LogP contribution in [0.25, 0.3) is 11.1 Å². The first-order chi connectivity index (χ1) is 21.6. The lowest BCUT2D eigenvalue weighted by Crippen LogP contribution is -2.00. The molecule has 0 fully saturated rings. The Hall–Kier alpha value is -3.00. The molecule has 0 aliphatic heterocycles. The van der Waals surface area contributed by atoms with E-state index in [2.05, 4.69) is 95.3 Å². The van der Waals surface area contributed by atoms with Crippen LogP contribution in [0.1, 0.15) is 140 Å². The van der Waals surface area contributed by atoms with Crippen molar-refractivity contribution < 1.29 is 0 Å². The van der Waals surface area contributed by atoms with Gasteiger partial charge < -0.3 is 0 Å². The molecule has 238 valence electrons. The van der Waals surface area contributed by atoms with Crippen LogP contribution in [0.4, 0.5) is 11.4 Å². The second kappa shape index (κ2) is 20.9. The number of benzene rings is 3. The normalized spacial score (nSPS) is 12.0. The Bertz CT molecular complexity index is 1280. The number of aliphatic imine (C=N–C) groups is 2. The van der Waals surface area contributed by atoms with E-state index in [1.54, 1.807) is 0 Å². The predicted octanol–water partition coefficient (Wildman–Crippen LogP) is 13.2. The third-order valence-corrected chi connectivity index (χ3v) is 8.66. The molecule has 0 atom stereocenters. The second-order valence-corrected chi connectivity index (χ2v) is 12.5. The molecule has 0 spiro atoms. The fourth-order valence-corrected chi connectivity index (χ4v) is 6.03. The van der Waals surface area contributed by atoms with Gasteiger partial charge in [-0.25, -0.2) is 0 Å². The van der Waals surface area contributed by atoms with Gasteiger partial charge in [0, 0.05) is 6.21 Å². The van der Waals surface area contributed by atoms with E-state index in [-0.39, 0.29) is 0 Å². The van der Waals surface area contributed by atoms with Crippen molar-refractivity contribution in [3.63, 3.8) is 0 Å². The molecule has 44 heavy (non-hydrogen) atoms. The highest BCUT2D eigenvalue weighted by Crippen LogP contribution is 2.34. The number of nitrogens with zero attached hydrogens (tertiary/aromatic N) is 2. The summed E-state index contributed by atoms with van der Waals surface area (Å²) in [5.74, 6) is 0. The zero-order chi connectivity index (χ0) is 31.4. The zero-order valence-electron chi connectivity index (χ0n) is 28.8. The van der Waals surface area contributed by atoms with E-state index in [0.29, 0.717) is 0 Å². The third-order valence-electron chi connectivity index (χ3n) is 8.66. The molecule has 0 heterocycles. The highest BCUT2D eigenvalue weighted by atomic mass is 14.8. The van der Waals surface area contributed by atoms with Gasteiger partial charge in [0.1, 0.15) is 0 Å². The largest absolute Gasteiger partial charge is 0.255 e. The summed E-state index contributed by atoms with van der Waals surface area (Å²) in [5, 5.41) is 0. The quantitative estimate of drug-likeness (QED) is 0.0868. The van der Waals surface area contributed by atoms with Gasteiger partial charge in [-0.2, -0.15) is 0 Å². The number of hydrogen-bond acceptors (Lipinski definition) is 2. The Kier molecular flexibility index (Phi) is 16.8. The molecule has 2 nitrogen and oxygen atoms in total. The van der Waals surface area contributed by atoms with Gasteiger partial charge in [0.25, 0.3) is 0 Å². The standard InChI is InChI=1S/C42H60N2/c1-6-11-15-18-23-35-28-34(22-13-8-3)29-40(30-35)44-38(10-5)33-43-39-31-37(26-19-16-12-7-2)41(27-14-9-4)42(32-39)36-24-20-17-21-25-36/h17,20-21,24-25,28-33H,6-16,18-19,22-23,26-27H2,1-5H3. The summed E-state index contributed by atoms with van der Waals surface area (Å²) in [6, 6.07) is 22.7. The number of rotatable bonds is 21. The molecular weight excluding hydrogens is 532 g/mol. The van der Waals surface area contributed by atoms with Crippen molar-refractivity contribution in [3.8, 4) is 11.1 Å². The van der Waals surface area contributed by atoms with Crippen LogP contribution in [-0.4, -0.2) is 11.9 Å². The summed E-state index contributed by atoms with van der Waals surface area (Å²) in [6.45, 7) is 11.3. The number of unbranched alkanes of at least 4 members (excludes halogenated alkanes) is 8. The van der Waals surface area contributed by atoms with E-state index in [1.165, 1.54) is 110 Å². The van der Waals surface area contributed by atoms with E-state index in [4.69, 9.17) is 9.98 Å². The van der Waals surface area contributed by atoms with Crippen molar-refractivity contribution in [2.45, 2.75) is 144 Å². The molecule has 2 heteroatoms. The van der Waals surface area contributed by atoms with Gasteiger partial charge in [0.2, 0.25) is 0 Å². The molecule has 0 unspecified atom stereocenters. The minimum Gasteiger partial charge on any atom is -0.255 e. The molecule has 0 radical (unpaired) electrons. The topological polar surface area (TPSA) is 24.7 Å². The fourth-order valence-electron chi connectivity index (χ4n) is 6.03. The minimum atomic E-state index is 0.860. The molecule has 3 aromatic carbocycles. The van der Waals surface area contributed by atoms with Gasteiger partial charge in [-0.05, 0) is 115 Å². The maximum Gasteiger partial charge on any atom is 0.0639 e. The van der Waals surface area contributed by atoms with Crippen LogP contribution in [0.2, 0.25) is 0 Å². The average molecular weight is 593 g/mol. The van der Waals surface area contributed by atoms with E-state index in [0.717, 1.165) is 49.2 Å². The summed E-state index contributed by atoms with van der Waals surface area (Å²) in [6.07, 6.45) is 22.6. The Balaban J connectivity index is 1.97. The molecule has 0 N–H and O–H groups in total. The van der Waals surface area contributed by atoms with Crippen LogP contribution in [0, 0.1) is 0 Å². The minimum absolute atomic E-state index is 0.860. The van der Waals surface area contributed by atoms with Crippen LogP contribution in [0.3, 0.4) is 0 Å². The molecular formula is C42H60N2. The average Bonchev–Trinajstić information content (AvgIpc) is 3.05. The first-order valence-electron chi connectivity index (χ1n) is 18.1. The van der Waals surface area contributed by atoms with E-state index in [9.17, 15) is 0 Å². The van der Waals surface area contributed by atoms with Crippen LogP contribution >= 0.6 is 0 Å². The Morgan fingerprint density at radius 1 is 0.568 bits per heavy atom. The third kappa shape index (κ3) is 12.2. The first-order valence-corrected chi connectivity index (χ1v) is 18.1. The Morgan fingerprint density at radius 3 is 1.82 bits per heavy atom. The highest BCUT2D eigenvalue weighted by Gasteiger charge is 2.13. The van der Waals surface area contributed by atoms with Crippen molar-refractivity contribution >= 4 is 23.3 Å². The van der Waals surface area contributed by atoms with Crippen LogP contribution in [-0.2, 0) is 25.7 Å². The number of hydrogen-bond donors (Lipinski definition) is 0. The lowest BCUT2D eigenvalue weighted by Gasteiger charge is -2.17. The van der Waals surface area contributed by atoms with Crippen LogP contribution in [0.5, 0.6) is 0 Å². The van der Waals surface area contributed by atoms with Crippen molar-refractivity contribution in [1.82, 2.24) is 0 Å². The van der Waals surface area contributed by atoms with Gasteiger partial charge in [-0.3, -0.25) is 9.98 Å². The lowest BCUT2D eigenvalue weighted by atomic mass is 9.89. The molecule has 0 aliphatic carbocycles. The molecule has 0 bridgehead atoms. The maximum atomic E-state index is 5.16. The fraction of sp³-hybridized carbons (Fsp3) is 0.524. The van der Waals surface area contributed by atoms with Gasteiger partial charge in [-0.1, -0.05) is 122 Å². The smallest absolute Gasteiger partial charge is 0.0639 e. The van der Waals surface area contributed by atoms with Crippen molar-refractivity contribution in [2.75, 3.05) is 0 Å². The summed E-state index contributed by atoms with van der Waals surface area (Å²) in [4.78, 5) is 10.3. The molecule has 3 aromatic rings. The zero-order valence-corrected chi connectivity index (χ0v) is 28.8. The molecule has 0 amide bonds. The van der Waals surface area contributed by atoms with E-state index < -0.39 is 0 Å². The highest BCUT2D eigenvalue weighted by molar-refractivity contribution is 6.31. The Morgan fingerprint density at radius 2 is 1.18 bits per heavy atom. The van der Waals surface area contributed by atoms with E-state index >= 15 is 0 Å². The molecule has 3 rings (SSSR count). The van der Waals surface area contributed by atoms with Crippen molar-refractivity contribution in [3.05, 3.63) is 82.9 Å². The maximum absolute atomic E-state index is 5.16. The summed E-state index contributed by atoms with van der Waals surface area (Å²) in [7, 11) is 0. The van der Waals surface area contributed by atoms with Crippen molar-refractivity contribution in [1.29, 1.82) is 0 Å². The molecule has 0 aromatic heterocycles. The van der Waals surface area contributed by atoms with Gasteiger partial charge in [-0.15, -0.1) is 0 Å². The Labute approximate surface area is 270 Å². The van der Waals surface area contributed by atoms with Crippen LogP contribution in [0.15, 0.2) is 70.6 Å². The summed E-state index contributed by atoms with van der Waals surface area (Å²) in [5.41, 5.74) is 11.7. The second-order valence-electron chi connectivity index (χ2n) is 12.5. The molecule has 0 aliphatic rings. The van der Waals surface area contributed by atoms with Crippen molar-refractivity contribution in [2.24, 2.45) is 9.98 Å².